The van der Waals surface area contributed by atoms with Crippen LogP contribution in [0.15, 0.2) is 18.2 Å². The molecule has 1 amide bonds. The van der Waals surface area contributed by atoms with E-state index in [0.29, 0.717) is 22.2 Å². The molecule has 0 bridgehead atoms. The lowest BCUT2D eigenvalue weighted by molar-refractivity contribution is 0.102. The Morgan fingerprint density at radius 3 is 2.67 bits per heavy atom. The zero-order valence-corrected chi connectivity index (χ0v) is 13.0. The zero-order chi connectivity index (χ0) is 15.2. The predicted molar refractivity (Wildman–Crippen MR) is 81.4 cm³/mol. The van der Waals surface area contributed by atoms with Gasteiger partial charge in [-0.15, -0.1) is 10.2 Å². The second-order valence-corrected chi connectivity index (χ2v) is 5.34. The van der Waals surface area contributed by atoms with Gasteiger partial charge in [0.1, 0.15) is 5.01 Å². The Labute approximate surface area is 127 Å². The molecule has 6 nitrogen and oxygen atoms in total. The highest BCUT2D eigenvalue weighted by Gasteiger charge is 2.13. The molecule has 2 rings (SSSR count). The fourth-order valence-corrected chi connectivity index (χ4v) is 2.60. The fourth-order valence-electron chi connectivity index (χ4n) is 1.77. The monoisotopic (exact) mass is 307 g/mol. The van der Waals surface area contributed by atoms with E-state index < -0.39 is 0 Å². The van der Waals surface area contributed by atoms with Crippen LogP contribution in [0.4, 0.5) is 5.13 Å². The highest BCUT2D eigenvalue weighted by atomic mass is 32.1. The van der Waals surface area contributed by atoms with Crippen molar-refractivity contribution in [3.05, 3.63) is 28.8 Å². The first-order valence-electron chi connectivity index (χ1n) is 6.53. The molecule has 0 aliphatic carbocycles. The first-order chi connectivity index (χ1) is 10.2. The van der Waals surface area contributed by atoms with Gasteiger partial charge < -0.3 is 9.47 Å². The van der Waals surface area contributed by atoms with Crippen LogP contribution in [0.5, 0.6) is 11.5 Å². The molecule has 2 aromatic rings. The van der Waals surface area contributed by atoms with Gasteiger partial charge >= 0.3 is 0 Å². The van der Waals surface area contributed by atoms with Crippen LogP contribution in [0.1, 0.15) is 28.7 Å². The third kappa shape index (κ3) is 3.69. The molecule has 21 heavy (non-hydrogen) atoms. The summed E-state index contributed by atoms with van der Waals surface area (Å²) in [6, 6.07) is 4.99. The largest absolute Gasteiger partial charge is 0.493 e. The van der Waals surface area contributed by atoms with Gasteiger partial charge in [-0.2, -0.15) is 0 Å². The molecule has 0 unspecified atom stereocenters. The SMILES string of the molecule is CCCc1nnc(NC(=O)c2ccc(OC)c(OC)c2)s1. The predicted octanol–water partition coefficient (Wildman–Crippen LogP) is 2.76. The second kappa shape index (κ2) is 7.03. The van der Waals surface area contributed by atoms with E-state index in [4.69, 9.17) is 9.47 Å². The van der Waals surface area contributed by atoms with Gasteiger partial charge in [-0.3, -0.25) is 10.1 Å². The number of anilines is 1. The molecule has 1 aromatic heterocycles. The Morgan fingerprint density at radius 2 is 2.00 bits per heavy atom. The molecule has 0 fully saturated rings. The van der Waals surface area contributed by atoms with E-state index in [0.717, 1.165) is 17.8 Å². The average Bonchev–Trinajstić information content (AvgIpc) is 2.94. The smallest absolute Gasteiger partial charge is 0.257 e. The number of methoxy groups -OCH3 is 2. The van der Waals surface area contributed by atoms with E-state index in [-0.39, 0.29) is 5.91 Å². The topological polar surface area (TPSA) is 73.3 Å². The van der Waals surface area contributed by atoms with Crippen molar-refractivity contribution < 1.29 is 14.3 Å². The maximum Gasteiger partial charge on any atom is 0.257 e. The molecule has 112 valence electrons. The molecule has 0 saturated carbocycles. The molecule has 1 N–H and O–H groups in total. The molecule has 0 atom stereocenters. The van der Waals surface area contributed by atoms with Crippen LogP contribution in [-0.2, 0) is 6.42 Å². The number of hydrogen-bond acceptors (Lipinski definition) is 6. The third-order valence-electron chi connectivity index (χ3n) is 2.80. The molecule has 0 aliphatic rings. The molecule has 0 spiro atoms. The van der Waals surface area contributed by atoms with Crippen LogP contribution in [0.2, 0.25) is 0 Å². The van der Waals surface area contributed by atoms with Crippen LogP contribution < -0.4 is 14.8 Å². The third-order valence-corrected chi connectivity index (χ3v) is 3.70. The summed E-state index contributed by atoms with van der Waals surface area (Å²) in [5.41, 5.74) is 0.472. The summed E-state index contributed by atoms with van der Waals surface area (Å²) in [5.74, 6) is 0.833. The van der Waals surface area contributed by atoms with Gasteiger partial charge in [0.15, 0.2) is 11.5 Å². The number of carbonyl (C=O) groups excluding carboxylic acids is 1. The van der Waals surface area contributed by atoms with Gasteiger partial charge in [0, 0.05) is 12.0 Å². The van der Waals surface area contributed by atoms with E-state index in [1.807, 2.05) is 0 Å². The Balaban J connectivity index is 2.12. The number of ether oxygens (including phenoxy) is 2. The minimum atomic E-state index is -0.254. The second-order valence-electron chi connectivity index (χ2n) is 4.27. The van der Waals surface area contributed by atoms with E-state index in [9.17, 15) is 4.79 Å². The minimum absolute atomic E-state index is 0.254. The van der Waals surface area contributed by atoms with E-state index >= 15 is 0 Å². The van der Waals surface area contributed by atoms with Crippen molar-refractivity contribution in [3.63, 3.8) is 0 Å². The molecule has 0 aliphatic heterocycles. The van der Waals surface area contributed by atoms with Crippen LogP contribution in [-0.4, -0.2) is 30.3 Å². The number of aromatic nitrogens is 2. The number of nitrogens with one attached hydrogen (secondary N) is 1. The van der Waals surface area contributed by atoms with Crippen molar-refractivity contribution in [1.29, 1.82) is 0 Å². The summed E-state index contributed by atoms with van der Waals surface area (Å²) >= 11 is 1.39. The lowest BCUT2D eigenvalue weighted by Crippen LogP contribution is -2.11. The molecule has 1 aromatic carbocycles. The summed E-state index contributed by atoms with van der Waals surface area (Å²) in [6.07, 6.45) is 1.86. The maximum atomic E-state index is 12.2. The number of carbonyl (C=O) groups is 1. The molecular weight excluding hydrogens is 290 g/mol. The van der Waals surface area contributed by atoms with Gasteiger partial charge in [0.05, 0.1) is 14.2 Å². The molecule has 1 heterocycles. The first-order valence-corrected chi connectivity index (χ1v) is 7.35. The number of benzene rings is 1. The summed E-state index contributed by atoms with van der Waals surface area (Å²) in [5, 5.41) is 12.1. The Hall–Kier alpha value is -2.15. The lowest BCUT2D eigenvalue weighted by atomic mass is 10.2. The van der Waals surface area contributed by atoms with Crippen LogP contribution in [0, 0.1) is 0 Å². The number of nitrogens with zero attached hydrogens (tertiary/aromatic N) is 2. The Kier molecular flexibility index (Phi) is 5.10. The molecule has 0 saturated heterocycles. The summed E-state index contributed by atoms with van der Waals surface area (Å²) in [7, 11) is 3.08. The van der Waals surface area contributed by atoms with Crippen molar-refractivity contribution in [2.75, 3.05) is 19.5 Å². The van der Waals surface area contributed by atoms with Crippen molar-refractivity contribution in [3.8, 4) is 11.5 Å². The highest BCUT2D eigenvalue weighted by Crippen LogP contribution is 2.28. The van der Waals surface area contributed by atoms with Gasteiger partial charge in [-0.05, 0) is 24.6 Å². The Morgan fingerprint density at radius 1 is 1.24 bits per heavy atom. The van der Waals surface area contributed by atoms with Gasteiger partial charge in [-0.25, -0.2) is 0 Å². The number of hydrogen-bond donors (Lipinski definition) is 1. The number of amides is 1. The standard InChI is InChI=1S/C14H17N3O3S/c1-4-5-12-16-17-14(21-12)15-13(18)9-6-7-10(19-2)11(8-9)20-3/h6-8H,4-5H2,1-3H3,(H,15,17,18). The van der Waals surface area contributed by atoms with Crippen LogP contribution in [0.25, 0.3) is 0 Å². The van der Waals surface area contributed by atoms with Crippen LogP contribution >= 0.6 is 11.3 Å². The first kappa shape index (κ1) is 15.2. The summed E-state index contributed by atoms with van der Waals surface area (Å²) in [4.78, 5) is 12.2. The quantitative estimate of drug-likeness (QED) is 0.888. The maximum absolute atomic E-state index is 12.2. The lowest BCUT2D eigenvalue weighted by Gasteiger charge is -2.08. The van der Waals surface area contributed by atoms with Crippen molar-refractivity contribution in [2.24, 2.45) is 0 Å². The van der Waals surface area contributed by atoms with Crippen molar-refractivity contribution >= 4 is 22.4 Å². The summed E-state index contributed by atoms with van der Waals surface area (Å²) < 4.78 is 10.3. The average molecular weight is 307 g/mol. The Bertz CT molecular complexity index is 628. The van der Waals surface area contributed by atoms with E-state index in [2.05, 4.69) is 22.4 Å². The van der Waals surface area contributed by atoms with Gasteiger partial charge in [0.2, 0.25) is 5.13 Å². The molecule has 7 heteroatoms. The van der Waals surface area contributed by atoms with Crippen molar-refractivity contribution in [1.82, 2.24) is 10.2 Å². The molecule has 0 radical (unpaired) electrons. The van der Waals surface area contributed by atoms with E-state index in [1.165, 1.54) is 18.4 Å². The van der Waals surface area contributed by atoms with Crippen LogP contribution in [0.3, 0.4) is 0 Å². The number of aryl methyl sites for hydroxylation is 1. The normalized spacial score (nSPS) is 10.2. The van der Waals surface area contributed by atoms with Gasteiger partial charge in [0.25, 0.3) is 5.91 Å². The number of rotatable bonds is 6. The minimum Gasteiger partial charge on any atom is -0.493 e. The van der Waals surface area contributed by atoms with Gasteiger partial charge in [-0.1, -0.05) is 18.3 Å². The van der Waals surface area contributed by atoms with Crippen molar-refractivity contribution in [2.45, 2.75) is 19.8 Å². The molecular formula is C14H17N3O3S. The highest BCUT2D eigenvalue weighted by molar-refractivity contribution is 7.15. The van der Waals surface area contributed by atoms with E-state index in [1.54, 1.807) is 25.3 Å². The fraction of sp³-hybridized carbons (Fsp3) is 0.357. The summed E-state index contributed by atoms with van der Waals surface area (Å²) in [6.45, 7) is 2.07. The zero-order valence-electron chi connectivity index (χ0n) is 12.2.